The molecule has 0 spiro atoms. The Morgan fingerprint density at radius 2 is 2.44 bits per heavy atom. The van der Waals surface area contributed by atoms with Crippen LogP contribution in [-0.4, -0.2) is 35.8 Å². The summed E-state index contributed by atoms with van der Waals surface area (Å²) in [5.41, 5.74) is 0.392. The Kier molecular flexibility index (Phi) is 3.02. The van der Waals surface area contributed by atoms with Gasteiger partial charge in [-0.3, -0.25) is 0 Å². The summed E-state index contributed by atoms with van der Waals surface area (Å²) in [6.07, 6.45) is 2.76. The van der Waals surface area contributed by atoms with Gasteiger partial charge in [0.25, 0.3) is 0 Å². The lowest BCUT2D eigenvalue weighted by molar-refractivity contribution is 0.118. The SMILES string of the molecule is CC1OCCC1N(C)c1nccc(C#N)n1. The third kappa shape index (κ3) is 1.97. The first-order chi connectivity index (χ1) is 7.72. The minimum Gasteiger partial charge on any atom is -0.376 e. The van der Waals surface area contributed by atoms with Gasteiger partial charge < -0.3 is 9.64 Å². The predicted octanol–water partition coefficient (Wildman–Crippen LogP) is 0.962. The number of likely N-dealkylation sites (N-methyl/N-ethyl adjacent to an activating group) is 1. The molecule has 1 aliphatic heterocycles. The fourth-order valence-electron chi connectivity index (χ4n) is 1.96. The Labute approximate surface area is 94.7 Å². The second kappa shape index (κ2) is 4.45. The Bertz CT molecular complexity index is 415. The molecular formula is C11H14N4O. The molecule has 1 aromatic rings. The van der Waals surface area contributed by atoms with Gasteiger partial charge in [0.1, 0.15) is 11.8 Å². The topological polar surface area (TPSA) is 62.0 Å². The van der Waals surface area contributed by atoms with E-state index in [-0.39, 0.29) is 12.1 Å². The van der Waals surface area contributed by atoms with Crippen molar-refractivity contribution in [3.63, 3.8) is 0 Å². The summed E-state index contributed by atoms with van der Waals surface area (Å²) in [5, 5.41) is 8.78. The van der Waals surface area contributed by atoms with Crippen molar-refractivity contribution in [2.75, 3.05) is 18.6 Å². The molecule has 2 unspecified atom stereocenters. The van der Waals surface area contributed by atoms with Crippen LogP contribution in [-0.2, 0) is 4.74 Å². The van der Waals surface area contributed by atoms with E-state index in [0.717, 1.165) is 13.0 Å². The van der Waals surface area contributed by atoms with Crippen LogP contribution in [0.3, 0.4) is 0 Å². The maximum Gasteiger partial charge on any atom is 0.226 e. The molecule has 2 rings (SSSR count). The quantitative estimate of drug-likeness (QED) is 0.740. The van der Waals surface area contributed by atoms with Crippen LogP contribution < -0.4 is 4.90 Å². The molecule has 84 valence electrons. The maximum atomic E-state index is 8.78. The highest BCUT2D eigenvalue weighted by Gasteiger charge is 2.29. The summed E-state index contributed by atoms with van der Waals surface area (Å²) in [5.74, 6) is 0.585. The van der Waals surface area contributed by atoms with Gasteiger partial charge in [0, 0.05) is 19.9 Å². The molecule has 0 bridgehead atoms. The lowest BCUT2D eigenvalue weighted by atomic mass is 10.1. The number of nitriles is 1. The molecule has 0 aromatic carbocycles. The van der Waals surface area contributed by atoms with Crippen molar-refractivity contribution in [2.45, 2.75) is 25.5 Å². The number of aromatic nitrogens is 2. The summed E-state index contributed by atoms with van der Waals surface area (Å²) < 4.78 is 5.50. The molecule has 0 radical (unpaired) electrons. The van der Waals surface area contributed by atoms with Gasteiger partial charge >= 0.3 is 0 Å². The number of ether oxygens (including phenoxy) is 1. The number of rotatable bonds is 2. The second-order valence-corrected chi connectivity index (χ2v) is 3.90. The number of hydrogen-bond acceptors (Lipinski definition) is 5. The first-order valence-electron chi connectivity index (χ1n) is 5.30. The third-order valence-corrected chi connectivity index (χ3v) is 2.91. The zero-order chi connectivity index (χ0) is 11.5. The zero-order valence-electron chi connectivity index (χ0n) is 9.42. The average Bonchev–Trinajstić information content (AvgIpc) is 2.74. The summed E-state index contributed by atoms with van der Waals surface area (Å²) in [6.45, 7) is 2.82. The van der Waals surface area contributed by atoms with Gasteiger partial charge in [-0.05, 0) is 19.4 Å². The summed E-state index contributed by atoms with van der Waals surface area (Å²) in [4.78, 5) is 10.3. The monoisotopic (exact) mass is 218 g/mol. The molecule has 5 heteroatoms. The van der Waals surface area contributed by atoms with E-state index in [9.17, 15) is 0 Å². The molecule has 0 aliphatic carbocycles. The lowest BCUT2D eigenvalue weighted by Gasteiger charge is -2.26. The molecule has 0 amide bonds. The van der Waals surface area contributed by atoms with Crippen molar-refractivity contribution in [3.8, 4) is 6.07 Å². The zero-order valence-corrected chi connectivity index (χ0v) is 9.42. The normalized spacial score (nSPS) is 24.1. The minimum absolute atomic E-state index is 0.180. The fraction of sp³-hybridized carbons (Fsp3) is 0.545. The van der Waals surface area contributed by atoms with E-state index >= 15 is 0 Å². The van der Waals surface area contributed by atoms with Gasteiger partial charge in [-0.1, -0.05) is 0 Å². The standard InChI is InChI=1S/C11H14N4O/c1-8-10(4-6-16-8)15(2)11-13-5-3-9(7-12)14-11/h3,5,8,10H,4,6H2,1-2H3. The van der Waals surface area contributed by atoms with Crippen molar-refractivity contribution >= 4 is 5.95 Å². The fourth-order valence-corrected chi connectivity index (χ4v) is 1.96. The van der Waals surface area contributed by atoms with E-state index < -0.39 is 0 Å². The number of nitrogens with zero attached hydrogens (tertiary/aromatic N) is 4. The van der Waals surface area contributed by atoms with Crippen molar-refractivity contribution in [3.05, 3.63) is 18.0 Å². The highest BCUT2D eigenvalue weighted by molar-refractivity contribution is 5.34. The van der Waals surface area contributed by atoms with Crippen LogP contribution >= 0.6 is 0 Å². The molecule has 2 atom stereocenters. The summed E-state index contributed by atoms with van der Waals surface area (Å²) >= 11 is 0. The van der Waals surface area contributed by atoms with Gasteiger partial charge in [0.05, 0.1) is 12.1 Å². The Morgan fingerprint density at radius 1 is 1.62 bits per heavy atom. The molecule has 0 N–H and O–H groups in total. The molecule has 1 saturated heterocycles. The first-order valence-corrected chi connectivity index (χ1v) is 5.30. The van der Waals surface area contributed by atoms with Gasteiger partial charge in [0.2, 0.25) is 5.95 Å². The lowest BCUT2D eigenvalue weighted by Crippen LogP contribution is -2.37. The van der Waals surface area contributed by atoms with E-state index in [1.807, 2.05) is 24.9 Å². The Hall–Kier alpha value is -1.67. The summed E-state index contributed by atoms with van der Waals surface area (Å²) in [6, 6.07) is 3.90. The number of anilines is 1. The Balaban J connectivity index is 2.20. The van der Waals surface area contributed by atoms with Crippen molar-refractivity contribution in [2.24, 2.45) is 0 Å². The number of hydrogen-bond donors (Lipinski definition) is 0. The highest BCUT2D eigenvalue weighted by atomic mass is 16.5. The predicted molar refractivity (Wildman–Crippen MR) is 59.0 cm³/mol. The van der Waals surface area contributed by atoms with E-state index in [0.29, 0.717) is 11.6 Å². The van der Waals surface area contributed by atoms with Crippen LogP contribution in [0.15, 0.2) is 12.3 Å². The average molecular weight is 218 g/mol. The largest absolute Gasteiger partial charge is 0.376 e. The van der Waals surface area contributed by atoms with E-state index in [1.165, 1.54) is 0 Å². The van der Waals surface area contributed by atoms with Crippen molar-refractivity contribution in [1.82, 2.24) is 9.97 Å². The van der Waals surface area contributed by atoms with Gasteiger partial charge in [-0.15, -0.1) is 0 Å². The molecular weight excluding hydrogens is 204 g/mol. The maximum absolute atomic E-state index is 8.78. The molecule has 0 saturated carbocycles. The molecule has 5 nitrogen and oxygen atoms in total. The molecule has 16 heavy (non-hydrogen) atoms. The van der Waals surface area contributed by atoms with Gasteiger partial charge in [0.15, 0.2) is 0 Å². The summed E-state index contributed by atoms with van der Waals surface area (Å²) in [7, 11) is 1.94. The molecule has 1 aliphatic rings. The van der Waals surface area contributed by atoms with Crippen LogP contribution in [0.5, 0.6) is 0 Å². The smallest absolute Gasteiger partial charge is 0.226 e. The van der Waals surface area contributed by atoms with Crippen LogP contribution in [0.4, 0.5) is 5.95 Å². The van der Waals surface area contributed by atoms with E-state index in [2.05, 4.69) is 9.97 Å². The Morgan fingerprint density at radius 3 is 3.06 bits per heavy atom. The molecule has 2 heterocycles. The first kappa shape index (κ1) is 10.8. The molecule has 1 aromatic heterocycles. The highest BCUT2D eigenvalue weighted by Crippen LogP contribution is 2.21. The van der Waals surface area contributed by atoms with Crippen molar-refractivity contribution in [1.29, 1.82) is 5.26 Å². The van der Waals surface area contributed by atoms with Crippen LogP contribution in [0.1, 0.15) is 19.0 Å². The van der Waals surface area contributed by atoms with E-state index in [4.69, 9.17) is 10.00 Å². The van der Waals surface area contributed by atoms with E-state index in [1.54, 1.807) is 12.3 Å². The molecule has 1 fully saturated rings. The van der Waals surface area contributed by atoms with Crippen LogP contribution in [0, 0.1) is 11.3 Å². The van der Waals surface area contributed by atoms with Gasteiger partial charge in [-0.2, -0.15) is 5.26 Å². The minimum atomic E-state index is 0.180. The second-order valence-electron chi connectivity index (χ2n) is 3.90. The van der Waals surface area contributed by atoms with Crippen LogP contribution in [0.25, 0.3) is 0 Å². The van der Waals surface area contributed by atoms with Crippen molar-refractivity contribution < 1.29 is 4.74 Å². The van der Waals surface area contributed by atoms with Gasteiger partial charge in [-0.25, -0.2) is 9.97 Å². The van der Waals surface area contributed by atoms with Crippen LogP contribution in [0.2, 0.25) is 0 Å². The third-order valence-electron chi connectivity index (χ3n) is 2.91.